The molecule has 1 aliphatic heterocycles. The highest BCUT2D eigenvalue weighted by atomic mass is 16.6. The molecule has 0 spiro atoms. The van der Waals surface area contributed by atoms with E-state index in [9.17, 15) is 4.79 Å². The summed E-state index contributed by atoms with van der Waals surface area (Å²) in [5.41, 5.74) is 5.55. The molecule has 0 saturated heterocycles. The van der Waals surface area contributed by atoms with E-state index in [1.165, 1.54) is 0 Å². The Morgan fingerprint density at radius 3 is 2.94 bits per heavy atom. The van der Waals surface area contributed by atoms with Gasteiger partial charge in [-0.2, -0.15) is 0 Å². The third-order valence-electron chi connectivity index (χ3n) is 2.60. The number of hydrogen-bond donors (Lipinski definition) is 2. The predicted octanol–water partition coefficient (Wildman–Crippen LogP) is 0.680. The van der Waals surface area contributed by atoms with E-state index in [2.05, 4.69) is 5.32 Å². The van der Waals surface area contributed by atoms with E-state index in [1.54, 1.807) is 6.92 Å². The summed E-state index contributed by atoms with van der Waals surface area (Å²) in [6.07, 6.45) is 0.168. The zero-order valence-electron chi connectivity index (χ0n) is 10.4. The van der Waals surface area contributed by atoms with Crippen molar-refractivity contribution in [1.82, 2.24) is 5.32 Å². The third kappa shape index (κ3) is 3.37. The molecule has 0 fully saturated rings. The maximum Gasteiger partial charge on any atom is 0.221 e. The van der Waals surface area contributed by atoms with Gasteiger partial charge in [0.05, 0.1) is 6.54 Å². The Balaban J connectivity index is 1.81. The van der Waals surface area contributed by atoms with Crippen molar-refractivity contribution in [2.45, 2.75) is 25.5 Å². The quantitative estimate of drug-likeness (QED) is 0.824. The van der Waals surface area contributed by atoms with Crippen LogP contribution in [0.15, 0.2) is 24.3 Å². The van der Waals surface area contributed by atoms with Crippen LogP contribution < -0.4 is 20.5 Å². The lowest BCUT2D eigenvalue weighted by Crippen LogP contribution is -2.41. The van der Waals surface area contributed by atoms with Gasteiger partial charge in [0.25, 0.3) is 0 Å². The van der Waals surface area contributed by atoms with Crippen LogP contribution in [0.3, 0.4) is 0 Å². The van der Waals surface area contributed by atoms with Gasteiger partial charge in [-0.15, -0.1) is 0 Å². The van der Waals surface area contributed by atoms with Gasteiger partial charge >= 0.3 is 0 Å². The molecule has 1 amide bonds. The summed E-state index contributed by atoms with van der Waals surface area (Å²) in [5, 5.41) is 2.79. The molecule has 0 aromatic heterocycles. The largest absolute Gasteiger partial charge is 0.486 e. The summed E-state index contributed by atoms with van der Waals surface area (Å²) in [4.78, 5) is 11.5. The highest BCUT2D eigenvalue weighted by Crippen LogP contribution is 2.30. The lowest BCUT2D eigenvalue weighted by Gasteiger charge is -2.26. The topological polar surface area (TPSA) is 73.6 Å². The molecule has 0 bridgehead atoms. The number of benzene rings is 1. The first-order valence-corrected chi connectivity index (χ1v) is 6.06. The number of ether oxygens (including phenoxy) is 2. The Labute approximate surface area is 106 Å². The molecule has 5 nitrogen and oxygen atoms in total. The van der Waals surface area contributed by atoms with Crippen molar-refractivity contribution >= 4 is 5.91 Å². The van der Waals surface area contributed by atoms with Crippen molar-refractivity contribution in [1.29, 1.82) is 0 Å². The number of rotatable bonds is 4. The van der Waals surface area contributed by atoms with Crippen molar-refractivity contribution in [3.8, 4) is 11.5 Å². The highest BCUT2D eigenvalue weighted by molar-refractivity contribution is 5.76. The number of amides is 1. The molecule has 2 rings (SSSR count). The third-order valence-corrected chi connectivity index (χ3v) is 2.60. The first-order chi connectivity index (χ1) is 8.65. The molecule has 0 radical (unpaired) electrons. The van der Waals surface area contributed by atoms with Crippen molar-refractivity contribution < 1.29 is 14.3 Å². The smallest absolute Gasteiger partial charge is 0.221 e. The molecule has 5 heteroatoms. The van der Waals surface area contributed by atoms with Crippen molar-refractivity contribution in [3.63, 3.8) is 0 Å². The van der Waals surface area contributed by atoms with Crippen LogP contribution in [-0.2, 0) is 4.79 Å². The summed E-state index contributed by atoms with van der Waals surface area (Å²) in [5.74, 6) is 1.40. The normalized spacial score (nSPS) is 19.1. The van der Waals surface area contributed by atoms with Gasteiger partial charge in [-0.25, -0.2) is 0 Å². The van der Waals surface area contributed by atoms with Crippen LogP contribution in [-0.4, -0.2) is 31.2 Å². The van der Waals surface area contributed by atoms with Gasteiger partial charge in [0.1, 0.15) is 12.7 Å². The zero-order chi connectivity index (χ0) is 13.0. The SMILES string of the molecule is CC(N)CC(=O)NCC1COc2ccccc2O1. The Kier molecular flexibility index (Phi) is 4.04. The van der Waals surface area contributed by atoms with Crippen LogP contribution in [0.1, 0.15) is 13.3 Å². The number of nitrogens with one attached hydrogen (secondary N) is 1. The number of hydrogen-bond acceptors (Lipinski definition) is 4. The van der Waals surface area contributed by atoms with Gasteiger partial charge in [0, 0.05) is 12.5 Å². The standard InChI is InChI=1S/C13H18N2O3/c1-9(14)6-13(16)15-7-10-8-17-11-4-2-3-5-12(11)18-10/h2-5,9-10H,6-8,14H2,1H3,(H,15,16). The summed E-state index contributed by atoms with van der Waals surface area (Å²) in [6, 6.07) is 7.37. The van der Waals surface area contributed by atoms with Crippen LogP contribution in [0.25, 0.3) is 0 Å². The second kappa shape index (κ2) is 5.73. The van der Waals surface area contributed by atoms with E-state index in [4.69, 9.17) is 15.2 Å². The second-order valence-corrected chi connectivity index (χ2v) is 4.48. The number of carbonyl (C=O) groups excluding carboxylic acids is 1. The number of para-hydroxylation sites is 2. The van der Waals surface area contributed by atoms with E-state index < -0.39 is 0 Å². The maximum atomic E-state index is 11.5. The van der Waals surface area contributed by atoms with E-state index in [-0.39, 0.29) is 18.1 Å². The fourth-order valence-electron chi connectivity index (χ4n) is 1.76. The lowest BCUT2D eigenvalue weighted by molar-refractivity contribution is -0.121. The predicted molar refractivity (Wildman–Crippen MR) is 67.6 cm³/mol. The van der Waals surface area contributed by atoms with Crippen LogP contribution in [0.2, 0.25) is 0 Å². The molecule has 98 valence electrons. The molecule has 0 saturated carbocycles. The Morgan fingerprint density at radius 2 is 2.22 bits per heavy atom. The van der Waals surface area contributed by atoms with Gasteiger partial charge < -0.3 is 20.5 Å². The van der Waals surface area contributed by atoms with E-state index in [0.29, 0.717) is 19.6 Å². The minimum atomic E-state index is -0.156. The molecule has 1 aromatic carbocycles. The molecule has 2 atom stereocenters. The number of carbonyl (C=O) groups is 1. The van der Waals surface area contributed by atoms with Crippen LogP contribution in [0.5, 0.6) is 11.5 Å². The second-order valence-electron chi connectivity index (χ2n) is 4.48. The van der Waals surface area contributed by atoms with Crippen LogP contribution in [0.4, 0.5) is 0 Å². The van der Waals surface area contributed by atoms with E-state index in [1.807, 2.05) is 24.3 Å². The summed E-state index contributed by atoms with van der Waals surface area (Å²) in [7, 11) is 0. The van der Waals surface area contributed by atoms with E-state index in [0.717, 1.165) is 11.5 Å². The van der Waals surface area contributed by atoms with Crippen LogP contribution in [0, 0.1) is 0 Å². The maximum absolute atomic E-state index is 11.5. The highest BCUT2D eigenvalue weighted by Gasteiger charge is 2.20. The first kappa shape index (κ1) is 12.7. The molecule has 2 unspecified atom stereocenters. The van der Waals surface area contributed by atoms with Crippen LogP contribution >= 0.6 is 0 Å². The Bertz CT molecular complexity index is 420. The molecule has 1 heterocycles. The molecule has 3 N–H and O–H groups in total. The minimum absolute atomic E-state index is 0.0625. The Morgan fingerprint density at radius 1 is 1.50 bits per heavy atom. The summed E-state index contributed by atoms with van der Waals surface area (Å²) in [6.45, 7) is 2.67. The molecular formula is C13H18N2O3. The first-order valence-electron chi connectivity index (χ1n) is 6.06. The number of fused-ring (bicyclic) bond motifs is 1. The van der Waals surface area contributed by atoms with Gasteiger partial charge in [-0.05, 0) is 19.1 Å². The fourth-order valence-corrected chi connectivity index (χ4v) is 1.76. The fraction of sp³-hybridized carbons (Fsp3) is 0.462. The summed E-state index contributed by atoms with van der Waals surface area (Å²) < 4.78 is 11.3. The molecule has 18 heavy (non-hydrogen) atoms. The van der Waals surface area contributed by atoms with E-state index >= 15 is 0 Å². The monoisotopic (exact) mass is 250 g/mol. The zero-order valence-corrected chi connectivity index (χ0v) is 10.4. The molecular weight excluding hydrogens is 232 g/mol. The average molecular weight is 250 g/mol. The lowest BCUT2D eigenvalue weighted by atomic mass is 10.2. The van der Waals surface area contributed by atoms with Gasteiger partial charge in [-0.3, -0.25) is 4.79 Å². The van der Waals surface area contributed by atoms with Crippen molar-refractivity contribution in [2.24, 2.45) is 5.73 Å². The minimum Gasteiger partial charge on any atom is -0.486 e. The van der Waals surface area contributed by atoms with Gasteiger partial charge in [-0.1, -0.05) is 12.1 Å². The molecule has 0 aliphatic carbocycles. The molecule has 1 aromatic rings. The van der Waals surface area contributed by atoms with Gasteiger partial charge in [0.2, 0.25) is 5.91 Å². The Hall–Kier alpha value is -1.75. The van der Waals surface area contributed by atoms with Crippen molar-refractivity contribution in [3.05, 3.63) is 24.3 Å². The molecule has 1 aliphatic rings. The number of nitrogens with two attached hydrogens (primary N) is 1. The van der Waals surface area contributed by atoms with Crippen molar-refractivity contribution in [2.75, 3.05) is 13.2 Å². The average Bonchev–Trinajstić information content (AvgIpc) is 2.35. The van der Waals surface area contributed by atoms with Gasteiger partial charge in [0.15, 0.2) is 11.5 Å². The summed E-state index contributed by atoms with van der Waals surface area (Å²) >= 11 is 0.